The van der Waals surface area contributed by atoms with E-state index in [-0.39, 0.29) is 26.5 Å². The first-order valence-corrected chi connectivity index (χ1v) is 1.70. The molecule has 0 aromatic heterocycles. The Morgan fingerprint density at radius 2 is 1.89 bits per heavy atom. The van der Waals surface area contributed by atoms with Crippen LogP contribution < -0.4 is 0 Å². The molecule has 0 rings (SSSR count). The van der Waals surface area contributed by atoms with Gasteiger partial charge in [-0.25, -0.2) is 4.79 Å². The molecule has 0 fully saturated rings. The summed E-state index contributed by atoms with van der Waals surface area (Å²) in [6.07, 6.45) is -1.63. The molecule has 0 aliphatic heterocycles. The van der Waals surface area contributed by atoms with Gasteiger partial charge in [0.25, 0.3) is 0 Å². The van der Waals surface area contributed by atoms with Crippen LogP contribution in [0.15, 0.2) is 0 Å². The Morgan fingerprint density at radius 3 is 1.89 bits per heavy atom. The summed E-state index contributed by atoms with van der Waals surface area (Å²) in [7, 11) is 0. The largest absolute Gasteiger partial charge is 0.479 e. The third-order valence-corrected chi connectivity index (χ3v) is 0.458. The Morgan fingerprint density at radius 1 is 1.56 bits per heavy atom. The third kappa shape index (κ3) is 8.04. The van der Waals surface area contributed by atoms with E-state index in [0.717, 1.165) is 0 Å². The predicted molar refractivity (Wildman–Crippen MR) is 24.3 cm³/mol. The molecule has 5 N–H and O–H groups in total. The van der Waals surface area contributed by atoms with E-state index in [0.29, 0.717) is 0 Å². The van der Waals surface area contributed by atoms with Gasteiger partial charge in [-0.05, 0) is 0 Å². The summed E-state index contributed by atoms with van der Waals surface area (Å²) < 4.78 is 0. The second-order valence-electron chi connectivity index (χ2n) is 1.04. The van der Waals surface area contributed by atoms with Crippen LogP contribution in [0.4, 0.5) is 0 Å². The minimum atomic E-state index is -1.63. The Hall–Kier alpha value is 0.0383. The van der Waals surface area contributed by atoms with Gasteiger partial charge in [0, 0.05) is 21.1 Å². The van der Waals surface area contributed by atoms with E-state index >= 15 is 0 Å². The molecule has 0 spiro atoms. The van der Waals surface area contributed by atoms with Crippen molar-refractivity contribution in [2.24, 2.45) is 0 Å². The maximum absolute atomic E-state index is 9.52. The maximum atomic E-state index is 9.52. The molecule has 0 amide bonds. The van der Waals surface area contributed by atoms with Gasteiger partial charge < -0.3 is 20.8 Å². The molecule has 56 valence electrons. The van der Waals surface area contributed by atoms with Crippen LogP contribution >= 0.6 is 0 Å². The summed E-state index contributed by atoms with van der Waals surface area (Å²) in [5, 5.41) is 23.7. The van der Waals surface area contributed by atoms with Gasteiger partial charge in [0.2, 0.25) is 0 Å². The van der Waals surface area contributed by atoms with Crippen LogP contribution in [0, 0.1) is 0 Å². The molecule has 5 nitrogen and oxygen atoms in total. The molecule has 9 heavy (non-hydrogen) atoms. The molecule has 0 radical (unpaired) electrons. The normalized spacial score (nSPS) is 10.4. The second kappa shape index (κ2) is 8.04. The fourth-order valence-corrected chi connectivity index (χ4v) is 0.0781. The molecular formula is C3H8MoO5. The van der Waals surface area contributed by atoms with E-state index in [4.69, 9.17) is 15.3 Å². The van der Waals surface area contributed by atoms with E-state index in [1.165, 1.54) is 0 Å². The number of aliphatic carboxylic acids is 1. The Kier molecular flexibility index (Phi) is 14.3. The minimum Gasteiger partial charge on any atom is -0.479 e. The first kappa shape index (κ1) is 16.0. The predicted octanol–water partition coefficient (Wildman–Crippen LogP) is -2.40. The SMILES string of the molecule is O.O=C(O)C(O)CO.[Mo]. The van der Waals surface area contributed by atoms with Gasteiger partial charge in [0.05, 0.1) is 6.61 Å². The Labute approximate surface area is 65.9 Å². The number of aliphatic hydroxyl groups excluding tert-OH is 2. The monoisotopic (exact) mass is 222 g/mol. The first-order chi connectivity index (χ1) is 3.18. The van der Waals surface area contributed by atoms with Crippen LogP contribution in [0.5, 0.6) is 0 Å². The number of hydrogen-bond donors (Lipinski definition) is 3. The average Bonchev–Trinajstić information content (AvgIpc) is 1.65. The average molecular weight is 220 g/mol. The molecule has 0 aromatic rings. The van der Waals surface area contributed by atoms with Crippen LogP contribution in [-0.4, -0.2) is 39.5 Å². The van der Waals surface area contributed by atoms with Crippen LogP contribution in [0.1, 0.15) is 0 Å². The van der Waals surface area contributed by atoms with E-state index in [2.05, 4.69) is 0 Å². The molecule has 0 aliphatic carbocycles. The Bertz CT molecular complexity index is 74.6. The van der Waals surface area contributed by atoms with Gasteiger partial charge in [-0.1, -0.05) is 0 Å². The quantitative estimate of drug-likeness (QED) is 0.450. The minimum absolute atomic E-state index is 0. The number of carboxylic acids is 1. The fourth-order valence-electron chi connectivity index (χ4n) is 0.0781. The van der Waals surface area contributed by atoms with Crippen LogP contribution in [0.25, 0.3) is 0 Å². The van der Waals surface area contributed by atoms with Crippen molar-refractivity contribution >= 4 is 5.97 Å². The standard InChI is InChI=1S/C3H6O4.Mo.H2O/c4-1-2(5)3(6)7;;/h2,4-5H,1H2,(H,6,7);;1H2. The molecule has 0 saturated carbocycles. The molecule has 0 aliphatic rings. The molecule has 0 heterocycles. The number of carboxylic acid groups (broad SMARTS) is 1. The van der Waals surface area contributed by atoms with Crippen molar-refractivity contribution in [1.82, 2.24) is 0 Å². The molecule has 1 atom stereocenters. The van der Waals surface area contributed by atoms with Crippen molar-refractivity contribution in [3.05, 3.63) is 0 Å². The molecule has 0 aromatic carbocycles. The summed E-state index contributed by atoms with van der Waals surface area (Å²) >= 11 is 0. The first-order valence-electron chi connectivity index (χ1n) is 1.70. The van der Waals surface area contributed by atoms with Crippen LogP contribution in [0.3, 0.4) is 0 Å². The van der Waals surface area contributed by atoms with Crippen molar-refractivity contribution in [1.29, 1.82) is 0 Å². The van der Waals surface area contributed by atoms with Crippen LogP contribution in [0.2, 0.25) is 0 Å². The topological polar surface area (TPSA) is 109 Å². The maximum Gasteiger partial charge on any atom is 0.334 e. The van der Waals surface area contributed by atoms with Gasteiger partial charge in [-0.15, -0.1) is 0 Å². The van der Waals surface area contributed by atoms with Crippen molar-refractivity contribution < 1.29 is 46.7 Å². The van der Waals surface area contributed by atoms with Gasteiger partial charge in [-0.3, -0.25) is 0 Å². The van der Waals surface area contributed by atoms with Gasteiger partial charge >= 0.3 is 5.97 Å². The Balaban J connectivity index is -0.000000180. The molecule has 1 unspecified atom stereocenters. The zero-order valence-corrected chi connectivity index (χ0v) is 6.45. The fraction of sp³-hybridized carbons (Fsp3) is 0.667. The van der Waals surface area contributed by atoms with Gasteiger partial charge in [0.1, 0.15) is 0 Å². The van der Waals surface area contributed by atoms with E-state index in [1.54, 1.807) is 0 Å². The summed E-state index contributed by atoms with van der Waals surface area (Å²) in [5.41, 5.74) is 0. The molecule has 6 heteroatoms. The smallest absolute Gasteiger partial charge is 0.334 e. The summed E-state index contributed by atoms with van der Waals surface area (Å²) in [4.78, 5) is 9.52. The summed E-state index contributed by atoms with van der Waals surface area (Å²) in [6, 6.07) is 0. The summed E-state index contributed by atoms with van der Waals surface area (Å²) in [5.74, 6) is -1.40. The molecular weight excluding hydrogens is 212 g/mol. The molecule has 0 bridgehead atoms. The van der Waals surface area contributed by atoms with Crippen molar-refractivity contribution in [3.63, 3.8) is 0 Å². The van der Waals surface area contributed by atoms with Gasteiger partial charge in [0.15, 0.2) is 6.10 Å². The van der Waals surface area contributed by atoms with Crippen molar-refractivity contribution in [2.45, 2.75) is 6.10 Å². The van der Waals surface area contributed by atoms with Crippen molar-refractivity contribution in [3.8, 4) is 0 Å². The summed E-state index contributed by atoms with van der Waals surface area (Å²) in [6.45, 7) is -0.727. The van der Waals surface area contributed by atoms with Crippen molar-refractivity contribution in [2.75, 3.05) is 6.61 Å². The molecule has 0 saturated heterocycles. The number of rotatable bonds is 2. The van der Waals surface area contributed by atoms with E-state index in [9.17, 15) is 4.79 Å². The van der Waals surface area contributed by atoms with Gasteiger partial charge in [-0.2, -0.15) is 0 Å². The second-order valence-corrected chi connectivity index (χ2v) is 1.04. The number of hydrogen-bond acceptors (Lipinski definition) is 3. The van der Waals surface area contributed by atoms with E-state index in [1.807, 2.05) is 0 Å². The number of carbonyl (C=O) groups is 1. The third-order valence-electron chi connectivity index (χ3n) is 0.458. The van der Waals surface area contributed by atoms with E-state index < -0.39 is 18.7 Å². The number of aliphatic hydroxyl groups is 2. The van der Waals surface area contributed by atoms with Crippen LogP contribution in [-0.2, 0) is 25.9 Å². The zero-order chi connectivity index (χ0) is 5.86. The zero-order valence-electron chi connectivity index (χ0n) is 4.44.